The van der Waals surface area contributed by atoms with E-state index in [-0.39, 0.29) is 35.1 Å². The van der Waals surface area contributed by atoms with Crippen LogP contribution in [0.2, 0.25) is 0 Å². The maximum Gasteiger partial charge on any atom is 0.251 e. The van der Waals surface area contributed by atoms with Crippen molar-refractivity contribution in [1.82, 2.24) is 5.32 Å². The summed E-state index contributed by atoms with van der Waals surface area (Å²) in [4.78, 5) is 38.6. The van der Waals surface area contributed by atoms with Gasteiger partial charge >= 0.3 is 0 Å². The molecule has 0 atom stereocenters. The van der Waals surface area contributed by atoms with Crippen LogP contribution in [-0.4, -0.2) is 37.4 Å². The number of fused-ring (bicyclic) bond motifs is 1. The van der Waals surface area contributed by atoms with Gasteiger partial charge in [0, 0.05) is 18.5 Å². The summed E-state index contributed by atoms with van der Waals surface area (Å²) in [5, 5.41) is 5.61. The number of nitrogens with one attached hydrogen (secondary N) is 2. The lowest BCUT2D eigenvalue weighted by Gasteiger charge is -2.31. The van der Waals surface area contributed by atoms with Gasteiger partial charge in [-0.1, -0.05) is 34.6 Å². The van der Waals surface area contributed by atoms with Crippen LogP contribution in [0.15, 0.2) is 18.2 Å². The number of carbonyl (C=O) groups is 3. The second-order valence-corrected chi connectivity index (χ2v) is 9.05. The maximum absolute atomic E-state index is 12.6. The summed E-state index contributed by atoms with van der Waals surface area (Å²) in [6.45, 7) is 10.8. The third kappa shape index (κ3) is 5.53. The normalized spacial score (nSPS) is 14.4. The fourth-order valence-electron chi connectivity index (χ4n) is 2.70. The van der Waals surface area contributed by atoms with E-state index in [4.69, 9.17) is 5.73 Å². The number of nitrogens with zero attached hydrogens (tertiary/aromatic N) is 1. The van der Waals surface area contributed by atoms with Gasteiger partial charge in [-0.3, -0.25) is 14.4 Å². The molecule has 0 aromatic heterocycles. The number of anilines is 2. The Balaban J connectivity index is 2.22. The Morgan fingerprint density at radius 3 is 2.48 bits per heavy atom. The Morgan fingerprint density at radius 2 is 1.89 bits per heavy atom. The van der Waals surface area contributed by atoms with E-state index in [1.807, 2.05) is 34.6 Å². The number of amides is 3. The molecular weight excluding hydrogens is 344 g/mol. The van der Waals surface area contributed by atoms with Crippen LogP contribution < -0.4 is 21.3 Å². The SMILES string of the molecule is CC(C)(C)CC(=O)N1CC(=O)Nc2cc(C(=O)NCC(C)(C)CN)ccc21. The third-order valence-corrected chi connectivity index (χ3v) is 4.39. The van der Waals surface area contributed by atoms with Gasteiger partial charge in [0.05, 0.1) is 11.4 Å². The van der Waals surface area contributed by atoms with Crippen LogP contribution in [0.3, 0.4) is 0 Å². The molecule has 7 heteroatoms. The molecule has 0 spiro atoms. The molecule has 0 unspecified atom stereocenters. The quantitative estimate of drug-likeness (QED) is 0.734. The Bertz CT molecular complexity index is 750. The molecule has 1 aliphatic heterocycles. The summed E-state index contributed by atoms with van der Waals surface area (Å²) >= 11 is 0. The smallest absolute Gasteiger partial charge is 0.251 e. The first-order chi connectivity index (χ1) is 12.4. The summed E-state index contributed by atoms with van der Waals surface area (Å²) < 4.78 is 0. The number of carbonyl (C=O) groups excluding carboxylic acids is 3. The predicted octanol–water partition coefficient (Wildman–Crippen LogP) is 2.12. The molecule has 0 saturated heterocycles. The molecule has 1 aliphatic rings. The van der Waals surface area contributed by atoms with Gasteiger partial charge in [0.15, 0.2) is 0 Å². The zero-order valence-electron chi connectivity index (χ0n) is 16.8. The van der Waals surface area contributed by atoms with Gasteiger partial charge < -0.3 is 21.3 Å². The number of nitrogens with two attached hydrogens (primary N) is 1. The van der Waals surface area contributed by atoms with Crippen molar-refractivity contribution >= 4 is 29.1 Å². The number of hydrogen-bond acceptors (Lipinski definition) is 4. The zero-order valence-corrected chi connectivity index (χ0v) is 16.8. The molecular formula is C20H30N4O3. The Hall–Kier alpha value is -2.41. The molecule has 148 valence electrons. The Labute approximate surface area is 160 Å². The van der Waals surface area contributed by atoms with Gasteiger partial charge in [-0.25, -0.2) is 0 Å². The molecule has 3 amide bonds. The molecule has 0 saturated carbocycles. The Morgan fingerprint density at radius 1 is 1.22 bits per heavy atom. The monoisotopic (exact) mass is 374 g/mol. The molecule has 7 nitrogen and oxygen atoms in total. The molecule has 0 aliphatic carbocycles. The van der Waals surface area contributed by atoms with Gasteiger partial charge in [0.2, 0.25) is 11.8 Å². The van der Waals surface area contributed by atoms with E-state index in [0.29, 0.717) is 36.4 Å². The van der Waals surface area contributed by atoms with Crippen molar-refractivity contribution in [3.05, 3.63) is 23.8 Å². The molecule has 4 N–H and O–H groups in total. The summed E-state index contributed by atoms with van der Waals surface area (Å²) in [5.74, 6) is -0.626. The first-order valence-corrected chi connectivity index (χ1v) is 9.14. The molecule has 2 rings (SSSR count). The summed E-state index contributed by atoms with van der Waals surface area (Å²) in [5.41, 5.74) is 6.82. The number of rotatable bonds is 5. The third-order valence-electron chi connectivity index (χ3n) is 4.39. The Kier molecular flexibility index (Phi) is 5.94. The lowest BCUT2D eigenvalue weighted by Crippen LogP contribution is -2.43. The van der Waals surface area contributed by atoms with Gasteiger partial charge in [-0.05, 0) is 35.6 Å². The highest BCUT2D eigenvalue weighted by atomic mass is 16.2. The van der Waals surface area contributed by atoms with Crippen LogP contribution in [0, 0.1) is 10.8 Å². The van der Waals surface area contributed by atoms with Crippen molar-refractivity contribution < 1.29 is 14.4 Å². The maximum atomic E-state index is 12.6. The number of benzene rings is 1. The van der Waals surface area contributed by atoms with Crippen LogP contribution in [0.1, 0.15) is 51.4 Å². The van der Waals surface area contributed by atoms with E-state index in [1.54, 1.807) is 18.2 Å². The first-order valence-electron chi connectivity index (χ1n) is 9.14. The van der Waals surface area contributed by atoms with Gasteiger partial charge in [-0.2, -0.15) is 0 Å². The predicted molar refractivity (Wildman–Crippen MR) is 107 cm³/mol. The highest BCUT2D eigenvalue weighted by Gasteiger charge is 2.30. The highest BCUT2D eigenvalue weighted by Crippen LogP contribution is 2.32. The first kappa shape index (κ1) is 20.9. The largest absolute Gasteiger partial charge is 0.351 e. The van der Waals surface area contributed by atoms with Crippen molar-refractivity contribution in [3.63, 3.8) is 0 Å². The molecule has 1 aromatic carbocycles. The van der Waals surface area contributed by atoms with Crippen molar-refractivity contribution in [2.75, 3.05) is 29.9 Å². The van der Waals surface area contributed by atoms with Crippen molar-refractivity contribution in [1.29, 1.82) is 0 Å². The van der Waals surface area contributed by atoms with Crippen molar-refractivity contribution in [2.24, 2.45) is 16.6 Å². The minimum absolute atomic E-state index is 0.0157. The summed E-state index contributed by atoms with van der Waals surface area (Å²) in [6, 6.07) is 4.98. The average Bonchev–Trinajstić information content (AvgIpc) is 2.56. The highest BCUT2D eigenvalue weighted by molar-refractivity contribution is 6.11. The van der Waals surface area contributed by atoms with Crippen molar-refractivity contribution in [3.8, 4) is 0 Å². The topological polar surface area (TPSA) is 105 Å². The fourth-order valence-corrected chi connectivity index (χ4v) is 2.70. The van der Waals surface area contributed by atoms with E-state index in [0.717, 1.165) is 0 Å². The zero-order chi connectivity index (χ0) is 20.4. The average molecular weight is 374 g/mol. The van der Waals surface area contributed by atoms with Crippen LogP contribution in [0.5, 0.6) is 0 Å². The van der Waals surface area contributed by atoms with Crippen LogP contribution in [-0.2, 0) is 9.59 Å². The standard InChI is InChI=1S/C20H30N4O3/c1-19(2,3)9-17(26)24-10-16(25)23-14-8-13(6-7-15(14)24)18(27)22-12-20(4,5)11-21/h6-8H,9-12,21H2,1-5H3,(H,22,27)(H,23,25). The second kappa shape index (κ2) is 7.68. The van der Waals surface area contributed by atoms with E-state index in [2.05, 4.69) is 10.6 Å². The molecule has 1 aromatic rings. The minimum Gasteiger partial charge on any atom is -0.351 e. The van der Waals surface area contributed by atoms with Gasteiger partial charge in [0.1, 0.15) is 6.54 Å². The molecule has 0 fully saturated rings. The fraction of sp³-hybridized carbons (Fsp3) is 0.550. The molecule has 0 bridgehead atoms. The minimum atomic E-state index is -0.272. The van der Waals surface area contributed by atoms with Crippen molar-refractivity contribution in [2.45, 2.75) is 41.0 Å². The van der Waals surface area contributed by atoms with Gasteiger partial charge in [0.25, 0.3) is 5.91 Å². The molecule has 27 heavy (non-hydrogen) atoms. The van der Waals surface area contributed by atoms with Crippen LogP contribution in [0.4, 0.5) is 11.4 Å². The summed E-state index contributed by atoms with van der Waals surface area (Å²) in [6.07, 6.45) is 0.329. The van der Waals surface area contributed by atoms with E-state index >= 15 is 0 Å². The van der Waals surface area contributed by atoms with Crippen LogP contribution >= 0.6 is 0 Å². The molecule has 0 radical (unpaired) electrons. The lowest BCUT2D eigenvalue weighted by atomic mass is 9.91. The van der Waals surface area contributed by atoms with E-state index in [1.165, 1.54) is 4.90 Å². The van der Waals surface area contributed by atoms with E-state index < -0.39 is 0 Å². The van der Waals surface area contributed by atoms with E-state index in [9.17, 15) is 14.4 Å². The second-order valence-electron chi connectivity index (χ2n) is 9.05. The lowest BCUT2D eigenvalue weighted by molar-refractivity contribution is -0.123. The molecule has 1 heterocycles. The summed E-state index contributed by atoms with van der Waals surface area (Å²) in [7, 11) is 0. The van der Waals surface area contributed by atoms with Gasteiger partial charge in [-0.15, -0.1) is 0 Å². The van der Waals surface area contributed by atoms with Crippen LogP contribution in [0.25, 0.3) is 0 Å². The number of hydrogen-bond donors (Lipinski definition) is 3.